The zero-order valence-electron chi connectivity index (χ0n) is 9.69. The topological polar surface area (TPSA) is 80.9 Å². The number of aryl methyl sites for hydroxylation is 1. The van der Waals surface area contributed by atoms with Gasteiger partial charge in [0.2, 0.25) is 0 Å². The van der Waals surface area contributed by atoms with Crippen molar-refractivity contribution in [2.45, 2.75) is 39.2 Å². The van der Waals surface area contributed by atoms with E-state index in [2.05, 4.69) is 21.8 Å². The molecule has 1 unspecified atom stereocenters. The Morgan fingerprint density at radius 3 is 2.88 bits per heavy atom. The molecule has 1 atom stereocenters. The molecular weight excluding hydrogens is 224 g/mol. The second-order valence-electron chi connectivity index (χ2n) is 3.74. The first kappa shape index (κ1) is 13.1. The van der Waals surface area contributed by atoms with E-state index >= 15 is 0 Å². The van der Waals surface area contributed by atoms with E-state index in [4.69, 9.17) is 5.73 Å². The summed E-state index contributed by atoms with van der Waals surface area (Å²) in [5.41, 5.74) is 6.29. The number of carbonyl (C=O) groups is 1. The Bertz CT molecular complexity index is 339. The molecule has 0 radical (unpaired) electrons. The summed E-state index contributed by atoms with van der Waals surface area (Å²) in [7, 11) is 0. The number of unbranched alkanes of at least 4 members (excludes halogenated alkanes) is 1. The van der Waals surface area contributed by atoms with Gasteiger partial charge < -0.3 is 11.1 Å². The largest absolute Gasteiger partial charge is 0.347 e. The highest BCUT2D eigenvalue weighted by molar-refractivity contribution is 7.07. The summed E-state index contributed by atoms with van der Waals surface area (Å²) in [6.07, 6.45) is 3.10. The standard InChI is InChI=1S/C10H18N4OS/c1-3-4-5-8(6-11)12-10(15)9-7(2)13-14-16-9/h8H,3-6,11H2,1-2H3,(H,12,15). The lowest BCUT2D eigenvalue weighted by Crippen LogP contribution is -2.40. The van der Waals surface area contributed by atoms with Gasteiger partial charge >= 0.3 is 0 Å². The van der Waals surface area contributed by atoms with E-state index in [9.17, 15) is 4.79 Å². The molecule has 0 aromatic carbocycles. The zero-order valence-corrected chi connectivity index (χ0v) is 10.5. The maximum Gasteiger partial charge on any atom is 0.265 e. The maximum absolute atomic E-state index is 11.8. The van der Waals surface area contributed by atoms with Crippen LogP contribution < -0.4 is 11.1 Å². The Labute approximate surface area is 99.6 Å². The van der Waals surface area contributed by atoms with Crippen molar-refractivity contribution in [3.05, 3.63) is 10.6 Å². The lowest BCUT2D eigenvalue weighted by molar-refractivity contribution is 0.0939. The number of rotatable bonds is 6. The second kappa shape index (κ2) is 6.55. The second-order valence-corrected chi connectivity index (χ2v) is 4.49. The van der Waals surface area contributed by atoms with Gasteiger partial charge in [0.25, 0.3) is 5.91 Å². The van der Waals surface area contributed by atoms with Crippen molar-refractivity contribution in [1.82, 2.24) is 14.9 Å². The molecule has 0 bridgehead atoms. The van der Waals surface area contributed by atoms with Crippen LogP contribution in [0.15, 0.2) is 0 Å². The first-order valence-electron chi connectivity index (χ1n) is 5.48. The van der Waals surface area contributed by atoms with Crippen molar-refractivity contribution >= 4 is 17.4 Å². The minimum atomic E-state index is -0.112. The molecule has 0 aliphatic rings. The van der Waals surface area contributed by atoms with E-state index < -0.39 is 0 Å². The van der Waals surface area contributed by atoms with Gasteiger partial charge in [-0.3, -0.25) is 4.79 Å². The molecule has 0 saturated heterocycles. The van der Waals surface area contributed by atoms with Gasteiger partial charge in [-0.2, -0.15) is 0 Å². The van der Waals surface area contributed by atoms with Crippen LogP contribution >= 0.6 is 11.5 Å². The average Bonchev–Trinajstić information content (AvgIpc) is 2.70. The van der Waals surface area contributed by atoms with Crippen LogP contribution in [0.3, 0.4) is 0 Å². The lowest BCUT2D eigenvalue weighted by atomic mass is 10.1. The highest BCUT2D eigenvalue weighted by Gasteiger charge is 2.16. The third-order valence-electron chi connectivity index (χ3n) is 2.38. The summed E-state index contributed by atoms with van der Waals surface area (Å²) >= 11 is 1.12. The number of carbonyl (C=O) groups excluding carboxylic acids is 1. The summed E-state index contributed by atoms with van der Waals surface area (Å²) < 4.78 is 3.74. The smallest absolute Gasteiger partial charge is 0.265 e. The summed E-state index contributed by atoms with van der Waals surface area (Å²) in [5.74, 6) is -0.112. The van der Waals surface area contributed by atoms with Gasteiger partial charge in [-0.1, -0.05) is 24.3 Å². The summed E-state index contributed by atoms with van der Waals surface area (Å²) in [4.78, 5) is 12.4. The van der Waals surface area contributed by atoms with Gasteiger partial charge in [-0.15, -0.1) is 5.10 Å². The minimum Gasteiger partial charge on any atom is -0.347 e. The van der Waals surface area contributed by atoms with Crippen LogP contribution in [0.5, 0.6) is 0 Å². The first-order chi connectivity index (χ1) is 7.69. The minimum absolute atomic E-state index is 0.0500. The van der Waals surface area contributed by atoms with E-state index in [-0.39, 0.29) is 11.9 Å². The Morgan fingerprint density at radius 1 is 1.62 bits per heavy atom. The molecule has 16 heavy (non-hydrogen) atoms. The molecule has 0 aliphatic heterocycles. The molecule has 0 fully saturated rings. The van der Waals surface area contributed by atoms with Crippen molar-refractivity contribution in [3.8, 4) is 0 Å². The third kappa shape index (κ3) is 3.53. The van der Waals surface area contributed by atoms with Crippen molar-refractivity contribution < 1.29 is 4.79 Å². The van der Waals surface area contributed by atoms with Crippen LogP contribution in [0.4, 0.5) is 0 Å². The Balaban J connectivity index is 2.52. The number of nitrogens with one attached hydrogen (secondary N) is 1. The molecule has 6 heteroatoms. The molecule has 5 nitrogen and oxygen atoms in total. The number of nitrogens with two attached hydrogens (primary N) is 1. The Hall–Kier alpha value is -1.01. The van der Waals surface area contributed by atoms with E-state index in [1.807, 2.05) is 0 Å². The molecule has 0 saturated carbocycles. The van der Waals surface area contributed by atoms with Gasteiger partial charge in [0, 0.05) is 12.6 Å². The van der Waals surface area contributed by atoms with E-state index in [1.165, 1.54) is 0 Å². The van der Waals surface area contributed by atoms with E-state index in [0.29, 0.717) is 17.1 Å². The molecule has 90 valence electrons. The number of hydrogen-bond donors (Lipinski definition) is 2. The molecule has 1 aromatic heterocycles. The predicted octanol–water partition coefficient (Wildman–Crippen LogP) is 1.09. The Kier molecular flexibility index (Phi) is 5.34. The fourth-order valence-electron chi connectivity index (χ4n) is 1.39. The van der Waals surface area contributed by atoms with Crippen LogP contribution in [0.2, 0.25) is 0 Å². The van der Waals surface area contributed by atoms with Crippen LogP contribution in [-0.2, 0) is 0 Å². The molecule has 1 rings (SSSR count). The number of nitrogens with zero attached hydrogens (tertiary/aromatic N) is 2. The number of aromatic nitrogens is 2. The molecule has 1 heterocycles. The normalized spacial score (nSPS) is 12.4. The summed E-state index contributed by atoms with van der Waals surface area (Å²) in [6, 6.07) is 0.0500. The monoisotopic (exact) mass is 242 g/mol. The highest BCUT2D eigenvalue weighted by Crippen LogP contribution is 2.09. The quantitative estimate of drug-likeness (QED) is 0.782. The van der Waals surface area contributed by atoms with Crippen molar-refractivity contribution in [2.24, 2.45) is 5.73 Å². The lowest BCUT2D eigenvalue weighted by Gasteiger charge is -2.15. The highest BCUT2D eigenvalue weighted by atomic mass is 32.1. The van der Waals surface area contributed by atoms with Gasteiger partial charge in [0.05, 0.1) is 5.69 Å². The molecule has 1 amide bonds. The molecule has 0 spiro atoms. The van der Waals surface area contributed by atoms with Crippen molar-refractivity contribution in [1.29, 1.82) is 0 Å². The Morgan fingerprint density at radius 2 is 2.38 bits per heavy atom. The fraction of sp³-hybridized carbons (Fsp3) is 0.700. The SMILES string of the molecule is CCCCC(CN)NC(=O)c1snnc1C. The average molecular weight is 242 g/mol. The molecule has 3 N–H and O–H groups in total. The van der Waals surface area contributed by atoms with E-state index in [0.717, 1.165) is 30.8 Å². The van der Waals surface area contributed by atoms with Crippen molar-refractivity contribution in [3.63, 3.8) is 0 Å². The van der Waals surface area contributed by atoms with Gasteiger partial charge in [-0.25, -0.2) is 0 Å². The third-order valence-corrected chi connectivity index (χ3v) is 3.21. The summed E-state index contributed by atoms with van der Waals surface area (Å²) in [6.45, 7) is 4.37. The molecule has 1 aromatic rings. The van der Waals surface area contributed by atoms with Gasteiger partial charge in [0.15, 0.2) is 0 Å². The summed E-state index contributed by atoms with van der Waals surface area (Å²) in [5, 5.41) is 6.72. The molecular formula is C10H18N4OS. The molecule has 0 aliphatic carbocycles. The zero-order chi connectivity index (χ0) is 12.0. The van der Waals surface area contributed by atoms with Crippen LogP contribution in [0, 0.1) is 6.92 Å². The van der Waals surface area contributed by atoms with Crippen LogP contribution in [0.25, 0.3) is 0 Å². The fourth-order valence-corrected chi connectivity index (χ4v) is 1.95. The predicted molar refractivity (Wildman–Crippen MR) is 64.5 cm³/mol. The van der Waals surface area contributed by atoms with Gasteiger partial charge in [-0.05, 0) is 24.9 Å². The van der Waals surface area contributed by atoms with Crippen molar-refractivity contribution in [2.75, 3.05) is 6.54 Å². The number of amides is 1. The first-order valence-corrected chi connectivity index (χ1v) is 6.26. The van der Waals surface area contributed by atoms with Crippen LogP contribution in [-0.4, -0.2) is 28.1 Å². The van der Waals surface area contributed by atoms with Crippen LogP contribution in [0.1, 0.15) is 41.6 Å². The van der Waals surface area contributed by atoms with Gasteiger partial charge in [0.1, 0.15) is 4.88 Å². The van der Waals surface area contributed by atoms with E-state index in [1.54, 1.807) is 6.92 Å². The maximum atomic E-state index is 11.8. The number of hydrogen-bond acceptors (Lipinski definition) is 5.